The molecule has 2 aromatic rings. The number of carbonyl (C=O) groups excluding carboxylic acids is 1. The number of anilines is 2. The second kappa shape index (κ2) is 7.00. The minimum Gasteiger partial charge on any atom is -0.304 e. The number of halogens is 4. The lowest BCUT2D eigenvalue weighted by atomic mass is 10.0. The molecular weight excluding hydrogens is 502 g/mol. The van der Waals surface area contributed by atoms with Crippen LogP contribution in [-0.4, -0.2) is 16.6 Å². The first-order chi connectivity index (χ1) is 13.0. The highest BCUT2D eigenvalue weighted by atomic mass is 127. The van der Waals surface area contributed by atoms with Crippen LogP contribution in [-0.2, 0) is 11.0 Å². The van der Waals surface area contributed by atoms with E-state index in [-0.39, 0.29) is 10.8 Å². The molecule has 0 unspecified atom stereocenters. The van der Waals surface area contributed by atoms with E-state index in [1.807, 2.05) is 12.1 Å². The molecule has 2 aromatic carbocycles. The number of nitrogens with zero attached hydrogens (tertiary/aromatic N) is 3. The number of hydrogen-bond donors (Lipinski definition) is 0. The zero-order chi connectivity index (χ0) is 20.9. The molecule has 1 aliphatic heterocycles. The second-order valence-corrected chi connectivity index (χ2v) is 8.24. The summed E-state index contributed by atoms with van der Waals surface area (Å²) in [7, 11) is 0. The minimum absolute atomic E-state index is 0.0255. The van der Waals surface area contributed by atoms with Crippen molar-refractivity contribution in [2.75, 3.05) is 9.80 Å². The predicted molar refractivity (Wildman–Crippen MR) is 112 cm³/mol. The number of thiocarbonyl (C=S) groups is 1. The van der Waals surface area contributed by atoms with E-state index in [1.165, 1.54) is 12.1 Å². The maximum Gasteiger partial charge on any atom is 0.417 e. The number of carbonyl (C=O) groups is 1. The Morgan fingerprint density at radius 3 is 2.21 bits per heavy atom. The molecular formula is C19H13F3IN3OS. The van der Waals surface area contributed by atoms with E-state index in [9.17, 15) is 18.0 Å². The van der Waals surface area contributed by atoms with E-state index in [4.69, 9.17) is 17.5 Å². The summed E-state index contributed by atoms with van der Waals surface area (Å²) in [6.07, 6.45) is -4.73. The molecule has 4 nitrogen and oxygen atoms in total. The molecule has 28 heavy (non-hydrogen) atoms. The highest BCUT2D eigenvalue weighted by Crippen LogP contribution is 2.39. The molecule has 0 spiro atoms. The fraction of sp³-hybridized carbons (Fsp3) is 0.211. The molecule has 1 saturated heterocycles. The Morgan fingerprint density at radius 2 is 1.68 bits per heavy atom. The van der Waals surface area contributed by atoms with Gasteiger partial charge in [-0.05, 0) is 91.1 Å². The third-order valence-corrected chi connectivity index (χ3v) is 5.52. The molecule has 0 radical (unpaired) electrons. The van der Waals surface area contributed by atoms with Gasteiger partial charge in [-0.25, -0.2) is 0 Å². The van der Waals surface area contributed by atoms with Crippen molar-refractivity contribution in [3.05, 3.63) is 57.2 Å². The van der Waals surface area contributed by atoms with Crippen molar-refractivity contribution in [3.8, 4) is 6.07 Å². The molecule has 0 aromatic heterocycles. The van der Waals surface area contributed by atoms with Crippen LogP contribution in [0.5, 0.6) is 0 Å². The lowest BCUT2D eigenvalue weighted by molar-refractivity contribution is -0.137. The van der Waals surface area contributed by atoms with Gasteiger partial charge in [-0.2, -0.15) is 18.4 Å². The van der Waals surface area contributed by atoms with Crippen LogP contribution in [0.3, 0.4) is 0 Å². The molecule has 0 aliphatic carbocycles. The van der Waals surface area contributed by atoms with Crippen LogP contribution < -0.4 is 9.80 Å². The lowest BCUT2D eigenvalue weighted by Gasteiger charge is -2.29. The number of nitriles is 1. The van der Waals surface area contributed by atoms with Gasteiger partial charge in [-0.1, -0.05) is 0 Å². The van der Waals surface area contributed by atoms with Crippen LogP contribution in [0.15, 0.2) is 42.5 Å². The highest BCUT2D eigenvalue weighted by molar-refractivity contribution is 14.1. The van der Waals surface area contributed by atoms with Crippen molar-refractivity contribution < 1.29 is 18.0 Å². The van der Waals surface area contributed by atoms with Crippen LogP contribution in [0.2, 0.25) is 0 Å². The Balaban J connectivity index is 2.11. The quantitative estimate of drug-likeness (QED) is 0.413. The summed E-state index contributed by atoms with van der Waals surface area (Å²) in [6.45, 7) is 3.32. The maximum atomic E-state index is 13.3. The number of benzene rings is 2. The average molecular weight is 515 g/mol. The van der Waals surface area contributed by atoms with Crippen LogP contribution in [0, 0.1) is 14.9 Å². The third-order valence-electron chi connectivity index (χ3n) is 4.44. The van der Waals surface area contributed by atoms with Crippen LogP contribution in [0.4, 0.5) is 24.5 Å². The summed E-state index contributed by atoms with van der Waals surface area (Å²) in [5.41, 5.74) is -2.06. The number of hydrogen-bond acceptors (Lipinski definition) is 3. The fourth-order valence-corrected chi connectivity index (χ4v) is 3.93. The molecule has 1 heterocycles. The van der Waals surface area contributed by atoms with Crippen molar-refractivity contribution >= 4 is 57.2 Å². The molecule has 0 bridgehead atoms. The van der Waals surface area contributed by atoms with Gasteiger partial charge in [0.25, 0.3) is 5.91 Å². The summed E-state index contributed by atoms with van der Waals surface area (Å²) in [5, 5.41) is 9.05. The first-order valence-electron chi connectivity index (χ1n) is 8.04. The van der Waals surface area contributed by atoms with Crippen LogP contribution in [0.1, 0.15) is 25.0 Å². The Hall–Kier alpha value is -2.19. The summed E-state index contributed by atoms with van der Waals surface area (Å²) < 4.78 is 41.0. The predicted octanol–water partition coefficient (Wildman–Crippen LogP) is 5.10. The molecule has 1 amide bonds. The maximum absolute atomic E-state index is 13.3. The van der Waals surface area contributed by atoms with Crippen LogP contribution >= 0.6 is 34.8 Å². The largest absolute Gasteiger partial charge is 0.417 e. The van der Waals surface area contributed by atoms with E-state index in [0.29, 0.717) is 5.69 Å². The SMILES string of the molecule is CC1(C)C(=O)N(c2ccc(C#N)c(C(F)(F)F)c2)C(=S)N1c1ccc(I)cc1. The van der Waals surface area contributed by atoms with E-state index in [2.05, 4.69) is 22.6 Å². The van der Waals surface area contributed by atoms with Gasteiger partial charge in [0.2, 0.25) is 0 Å². The lowest BCUT2D eigenvalue weighted by Crippen LogP contribution is -2.44. The van der Waals surface area contributed by atoms with Crippen molar-refractivity contribution in [3.63, 3.8) is 0 Å². The van der Waals surface area contributed by atoms with E-state index in [0.717, 1.165) is 20.6 Å². The summed E-state index contributed by atoms with van der Waals surface area (Å²) in [4.78, 5) is 15.8. The third kappa shape index (κ3) is 3.35. The van der Waals surface area contributed by atoms with Gasteiger partial charge in [-0.15, -0.1) is 0 Å². The number of rotatable bonds is 2. The van der Waals surface area contributed by atoms with Crippen molar-refractivity contribution in [1.82, 2.24) is 0 Å². The normalized spacial score (nSPS) is 16.5. The zero-order valence-corrected chi connectivity index (χ0v) is 17.7. The van der Waals surface area contributed by atoms with Gasteiger partial charge in [-0.3, -0.25) is 9.69 Å². The molecule has 0 atom stereocenters. The topological polar surface area (TPSA) is 47.3 Å². The highest BCUT2D eigenvalue weighted by Gasteiger charge is 2.50. The Bertz CT molecular complexity index is 1010. The fourth-order valence-electron chi connectivity index (χ4n) is 3.05. The number of amides is 1. The van der Waals surface area contributed by atoms with Crippen LogP contribution in [0.25, 0.3) is 0 Å². The van der Waals surface area contributed by atoms with Gasteiger partial charge in [0, 0.05) is 9.26 Å². The van der Waals surface area contributed by atoms with Gasteiger partial charge < -0.3 is 4.90 Å². The minimum atomic E-state index is -4.73. The smallest absolute Gasteiger partial charge is 0.304 e. The molecule has 0 saturated carbocycles. The first-order valence-corrected chi connectivity index (χ1v) is 9.53. The van der Waals surface area contributed by atoms with Gasteiger partial charge in [0.15, 0.2) is 5.11 Å². The average Bonchev–Trinajstić information content (AvgIpc) is 2.79. The van der Waals surface area contributed by atoms with Gasteiger partial charge in [0.05, 0.1) is 22.9 Å². The van der Waals surface area contributed by atoms with Crippen molar-refractivity contribution in [2.24, 2.45) is 0 Å². The molecule has 1 aliphatic rings. The van der Waals surface area contributed by atoms with Crippen molar-refractivity contribution in [2.45, 2.75) is 25.6 Å². The van der Waals surface area contributed by atoms with Gasteiger partial charge in [0.1, 0.15) is 5.54 Å². The molecule has 0 N–H and O–H groups in total. The first kappa shape index (κ1) is 20.5. The summed E-state index contributed by atoms with van der Waals surface area (Å²) >= 11 is 7.61. The molecule has 1 fully saturated rings. The van der Waals surface area contributed by atoms with E-state index >= 15 is 0 Å². The number of alkyl halides is 3. The Kier molecular flexibility index (Phi) is 5.14. The molecule has 144 valence electrons. The summed E-state index contributed by atoms with van der Waals surface area (Å²) in [6, 6.07) is 12.0. The monoisotopic (exact) mass is 515 g/mol. The Morgan fingerprint density at radius 1 is 1.11 bits per heavy atom. The van der Waals surface area contributed by atoms with E-state index in [1.54, 1.807) is 30.9 Å². The molecule has 3 rings (SSSR count). The van der Waals surface area contributed by atoms with Crippen molar-refractivity contribution in [1.29, 1.82) is 5.26 Å². The van der Waals surface area contributed by atoms with E-state index < -0.39 is 28.7 Å². The summed E-state index contributed by atoms with van der Waals surface area (Å²) in [5.74, 6) is -0.450. The second-order valence-electron chi connectivity index (χ2n) is 6.63. The van der Waals surface area contributed by atoms with Gasteiger partial charge >= 0.3 is 6.18 Å². The zero-order valence-electron chi connectivity index (χ0n) is 14.7. The molecule has 9 heteroatoms. The standard InChI is InChI=1S/C19H13F3IN3OS/c1-18(2)16(27)25(17(28)26(18)13-7-4-12(23)5-8-13)14-6-3-11(10-24)15(9-14)19(20,21)22/h3-9H,1-2H3. The Labute approximate surface area is 178 Å².